The molecule has 1 aromatic heterocycles. The van der Waals surface area contributed by atoms with E-state index in [0.29, 0.717) is 12.2 Å². The van der Waals surface area contributed by atoms with E-state index in [2.05, 4.69) is 10.5 Å². The van der Waals surface area contributed by atoms with Crippen molar-refractivity contribution in [1.29, 1.82) is 0 Å². The summed E-state index contributed by atoms with van der Waals surface area (Å²) in [5.74, 6) is 0.636. The molecular weight excluding hydrogens is 268 g/mol. The number of carbonyl (C=O) groups excluding carboxylic acids is 1. The van der Waals surface area contributed by atoms with Crippen LogP contribution in [0.15, 0.2) is 28.8 Å². The van der Waals surface area contributed by atoms with Crippen molar-refractivity contribution in [3.8, 4) is 0 Å². The number of fused-ring (bicyclic) bond motifs is 1. The molecule has 3 rings (SSSR count). The molecule has 0 atom stereocenters. The second kappa shape index (κ2) is 6.10. The van der Waals surface area contributed by atoms with Crippen LogP contribution in [0.25, 0.3) is 0 Å². The summed E-state index contributed by atoms with van der Waals surface area (Å²) in [5.41, 5.74) is 3.09. The molecule has 0 radical (unpaired) electrons. The number of hydrogen-bond donors (Lipinski definition) is 2. The lowest BCUT2D eigenvalue weighted by atomic mass is 9.96. The van der Waals surface area contributed by atoms with Crippen LogP contribution in [0.5, 0.6) is 0 Å². The van der Waals surface area contributed by atoms with E-state index >= 15 is 0 Å². The van der Waals surface area contributed by atoms with Crippen molar-refractivity contribution in [2.45, 2.75) is 38.8 Å². The van der Waals surface area contributed by atoms with Gasteiger partial charge in [0, 0.05) is 18.5 Å². The Bertz CT molecular complexity index is 649. The van der Waals surface area contributed by atoms with Crippen LogP contribution in [-0.2, 0) is 26.0 Å². The molecule has 0 bridgehead atoms. The van der Waals surface area contributed by atoms with Crippen LogP contribution in [0.4, 0.5) is 0 Å². The highest BCUT2D eigenvalue weighted by Gasteiger charge is 2.23. The van der Waals surface area contributed by atoms with Gasteiger partial charge in [0.05, 0.1) is 6.61 Å². The summed E-state index contributed by atoms with van der Waals surface area (Å²) in [6, 6.07) is 7.49. The number of carbonyl (C=O) groups is 1. The minimum Gasteiger partial charge on any atom is -0.392 e. The first-order valence-corrected chi connectivity index (χ1v) is 7.23. The minimum absolute atomic E-state index is 0.0363. The summed E-state index contributed by atoms with van der Waals surface area (Å²) in [6.45, 7) is 0.336. The number of hydrogen-bond acceptors (Lipinski definition) is 4. The van der Waals surface area contributed by atoms with Crippen molar-refractivity contribution in [2.75, 3.05) is 0 Å². The van der Waals surface area contributed by atoms with E-state index in [1.807, 2.05) is 24.3 Å². The van der Waals surface area contributed by atoms with Crippen LogP contribution in [0.2, 0.25) is 0 Å². The van der Waals surface area contributed by atoms with Gasteiger partial charge in [0.2, 0.25) is 0 Å². The van der Waals surface area contributed by atoms with Gasteiger partial charge in [-0.15, -0.1) is 0 Å². The molecule has 1 aliphatic carbocycles. The van der Waals surface area contributed by atoms with Crippen molar-refractivity contribution >= 4 is 5.91 Å². The first-order chi connectivity index (χ1) is 10.3. The highest BCUT2D eigenvalue weighted by molar-refractivity contribution is 5.93. The SMILES string of the molecule is O=C(NCc1ccccc1CO)c1noc2c1CCCC2. The predicted octanol–water partition coefficient (Wildman–Crippen LogP) is 1.98. The topological polar surface area (TPSA) is 75.4 Å². The Morgan fingerprint density at radius 2 is 2.00 bits per heavy atom. The lowest BCUT2D eigenvalue weighted by Gasteiger charge is -2.10. The van der Waals surface area contributed by atoms with Gasteiger partial charge in [0.1, 0.15) is 5.76 Å². The summed E-state index contributed by atoms with van der Waals surface area (Å²) < 4.78 is 5.25. The zero-order valence-electron chi connectivity index (χ0n) is 11.8. The van der Waals surface area contributed by atoms with Gasteiger partial charge in [-0.1, -0.05) is 29.4 Å². The van der Waals surface area contributed by atoms with Crippen molar-refractivity contribution in [1.82, 2.24) is 10.5 Å². The standard InChI is InChI=1S/C16H18N2O3/c19-10-12-6-2-1-5-11(12)9-17-16(20)15-13-7-3-4-8-14(13)21-18-15/h1-2,5-6,19H,3-4,7-10H2,(H,17,20). The molecule has 5 heteroatoms. The molecule has 0 fully saturated rings. The predicted molar refractivity (Wildman–Crippen MR) is 76.7 cm³/mol. The molecule has 2 aromatic rings. The number of nitrogens with one attached hydrogen (secondary N) is 1. The molecule has 0 aliphatic heterocycles. The van der Waals surface area contributed by atoms with Crippen LogP contribution in [0.1, 0.15) is 45.8 Å². The van der Waals surface area contributed by atoms with E-state index < -0.39 is 0 Å². The first-order valence-electron chi connectivity index (χ1n) is 7.23. The second-order valence-electron chi connectivity index (χ2n) is 5.25. The van der Waals surface area contributed by atoms with Gasteiger partial charge < -0.3 is 14.9 Å². The van der Waals surface area contributed by atoms with Crippen molar-refractivity contribution in [3.05, 3.63) is 52.4 Å². The summed E-state index contributed by atoms with van der Waals surface area (Å²) in [5, 5.41) is 16.1. The Morgan fingerprint density at radius 1 is 1.24 bits per heavy atom. The Hall–Kier alpha value is -2.14. The Kier molecular flexibility index (Phi) is 4.01. The Balaban J connectivity index is 1.71. The molecule has 0 spiro atoms. The van der Waals surface area contributed by atoms with Gasteiger partial charge in [-0.3, -0.25) is 4.79 Å². The minimum atomic E-state index is -0.213. The Labute approximate surface area is 123 Å². The van der Waals surface area contributed by atoms with E-state index in [-0.39, 0.29) is 12.5 Å². The highest BCUT2D eigenvalue weighted by atomic mass is 16.5. The van der Waals surface area contributed by atoms with E-state index in [1.54, 1.807) is 0 Å². The lowest BCUT2D eigenvalue weighted by molar-refractivity contribution is 0.0940. The van der Waals surface area contributed by atoms with Crippen LogP contribution in [0, 0.1) is 0 Å². The van der Waals surface area contributed by atoms with Crippen LogP contribution < -0.4 is 5.32 Å². The number of amides is 1. The number of aliphatic hydroxyl groups is 1. The van der Waals surface area contributed by atoms with Crippen LogP contribution in [0.3, 0.4) is 0 Å². The monoisotopic (exact) mass is 286 g/mol. The van der Waals surface area contributed by atoms with Gasteiger partial charge in [0.25, 0.3) is 5.91 Å². The van der Waals surface area contributed by atoms with E-state index in [0.717, 1.165) is 48.1 Å². The third kappa shape index (κ3) is 2.83. The number of rotatable bonds is 4. The zero-order valence-corrected chi connectivity index (χ0v) is 11.8. The number of aliphatic hydroxyl groups excluding tert-OH is 1. The Morgan fingerprint density at radius 3 is 2.81 bits per heavy atom. The van der Waals surface area contributed by atoms with E-state index in [9.17, 15) is 9.90 Å². The fourth-order valence-corrected chi connectivity index (χ4v) is 2.71. The van der Waals surface area contributed by atoms with Gasteiger partial charge in [0.15, 0.2) is 5.69 Å². The highest BCUT2D eigenvalue weighted by Crippen LogP contribution is 2.24. The summed E-state index contributed by atoms with van der Waals surface area (Å²) >= 11 is 0. The average Bonchev–Trinajstić information content (AvgIpc) is 2.97. The molecule has 2 N–H and O–H groups in total. The maximum absolute atomic E-state index is 12.3. The van der Waals surface area contributed by atoms with Gasteiger partial charge in [-0.05, 0) is 30.4 Å². The summed E-state index contributed by atoms with van der Waals surface area (Å²) in [6.07, 6.45) is 3.88. The second-order valence-corrected chi connectivity index (χ2v) is 5.25. The van der Waals surface area contributed by atoms with E-state index in [1.165, 1.54) is 0 Å². The normalized spacial score (nSPS) is 13.8. The van der Waals surface area contributed by atoms with Gasteiger partial charge in [-0.2, -0.15) is 0 Å². The van der Waals surface area contributed by atoms with Crippen molar-refractivity contribution < 1.29 is 14.4 Å². The molecule has 110 valence electrons. The fraction of sp³-hybridized carbons (Fsp3) is 0.375. The molecule has 1 amide bonds. The zero-order chi connectivity index (χ0) is 14.7. The van der Waals surface area contributed by atoms with Crippen LogP contribution in [-0.4, -0.2) is 16.2 Å². The molecule has 1 aromatic carbocycles. The summed E-state index contributed by atoms with van der Waals surface area (Å²) in [4.78, 5) is 12.3. The van der Waals surface area contributed by atoms with Crippen LogP contribution >= 0.6 is 0 Å². The summed E-state index contributed by atoms with van der Waals surface area (Å²) in [7, 11) is 0. The molecule has 0 saturated heterocycles. The van der Waals surface area contributed by atoms with E-state index in [4.69, 9.17) is 4.52 Å². The third-order valence-corrected chi connectivity index (χ3v) is 3.89. The molecule has 0 saturated carbocycles. The molecule has 5 nitrogen and oxygen atoms in total. The van der Waals surface area contributed by atoms with Crippen molar-refractivity contribution in [3.63, 3.8) is 0 Å². The molecule has 1 aliphatic rings. The van der Waals surface area contributed by atoms with Gasteiger partial charge >= 0.3 is 0 Å². The van der Waals surface area contributed by atoms with Gasteiger partial charge in [-0.25, -0.2) is 0 Å². The fourth-order valence-electron chi connectivity index (χ4n) is 2.71. The smallest absolute Gasteiger partial charge is 0.274 e. The molecule has 0 unspecified atom stereocenters. The molecule has 1 heterocycles. The molecular formula is C16H18N2O3. The maximum Gasteiger partial charge on any atom is 0.274 e. The number of aryl methyl sites for hydroxylation is 1. The number of nitrogens with zero attached hydrogens (tertiary/aromatic N) is 1. The first kappa shape index (κ1) is 13.8. The lowest BCUT2D eigenvalue weighted by Crippen LogP contribution is -2.25. The van der Waals surface area contributed by atoms with Crippen molar-refractivity contribution in [2.24, 2.45) is 0 Å². The number of benzene rings is 1. The quantitative estimate of drug-likeness (QED) is 0.901. The average molecular weight is 286 g/mol. The number of aromatic nitrogens is 1. The largest absolute Gasteiger partial charge is 0.392 e. The molecule has 21 heavy (non-hydrogen) atoms. The maximum atomic E-state index is 12.3. The third-order valence-electron chi connectivity index (χ3n) is 3.89.